The van der Waals surface area contributed by atoms with Crippen molar-refractivity contribution in [3.63, 3.8) is 0 Å². The van der Waals surface area contributed by atoms with E-state index < -0.39 is 0 Å². The highest BCUT2D eigenvalue weighted by atomic mass is 32.1. The Labute approximate surface area is 112 Å². The summed E-state index contributed by atoms with van der Waals surface area (Å²) in [6.07, 6.45) is 9.59. The number of nitrogens with one attached hydrogen (secondary N) is 2. The fourth-order valence-corrected chi connectivity index (χ4v) is 2.68. The van der Waals surface area contributed by atoms with Crippen LogP contribution in [-0.2, 0) is 13.0 Å². The molecule has 4 nitrogen and oxygen atoms in total. The summed E-state index contributed by atoms with van der Waals surface area (Å²) < 4.78 is 0. The molecule has 2 N–H and O–H groups in total. The third kappa shape index (κ3) is 3.57. The molecule has 0 saturated heterocycles. The van der Waals surface area contributed by atoms with E-state index in [-0.39, 0.29) is 0 Å². The Morgan fingerprint density at radius 1 is 1.50 bits per heavy atom. The lowest BCUT2D eigenvalue weighted by atomic mass is 10.2. The fraction of sp³-hybridized carbons (Fsp3) is 0.538. The van der Waals surface area contributed by atoms with Gasteiger partial charge in [-0.15, -0.1) is 11.3 Å². The second kappa shape index (κ2) is 6.54. The van der Waals surface area contributed by atoms with Crippen LogP contribution in [0, 0.1) is 0 Å². The zero-order valence-corrected chi connectivity index (χ0v) is 11.8. The lowest BCUT2D eigenvalue weighted by molar-refractivity contribution is 0.632. The summed E-state index contributed by atoms with van der Waals surface area (Å²) in [6, 6.07) is 0.485. The Kier molecular flexibility index (Phi) is 4.75. The van der Waals surface area contributed by atoms with E-state index in [0.29, 0.717) is 6.04 Å². The number of hydrogen-bond acceptors (Lipinski definition) is 3. The molecular weight excluding hydrogens is 244 g/mol. The molecule has 0 bridgehead atoms. The van der Waals surface area contributed by atoms with Crippen LogP contribution in [0.3, 0.4) is 0 Å². The first-order valence-corrected chi connectivity index (χ1v) is 7.19. The van der Waals surface area contributed by atoms with Crippen molar-refractivity contribution in [1.29, 1.82) is 0 Å². The van der Waals surface area contributed by atoms with Gasteiger partial charge < -0.3 is 10.6 Å². The Bertz CT molecular complexity index is 428. The molecule has 1 aromatic rings. The van der Waals surface area contributed by atoms with Crippen LogP contribution in [0.4, 0.5) is 0 Å². The average Bonchev–Trinajstić information content (AvgIpc) is 3.05. The van der Waals surface area contributed by atoms with Crippen LogP contribution in [0.5, 0.6) is 0 Å². The first kappa shape index (κ1) is 13.1. The van der Waals surface area contributed by atoms with Gasteiger partial charge in [-0.2, -0.15) is 0 Å². The van der Waals surface area contributed by atoms with Gasteiger partial charge in [0.2, 0.25) is 0 Å². The Morgan fingerprint density at radius 3 is 2.89 bits per heavy atom. The smallest absolute Gasteiger partial charge is 0.191 e. The highest BCUT2D eigenvalue weighted by Crippen LogP contribution is 2.13. The maximum atomic E-state index is 4.39. The van der Waals surface area contributed by atoms with Gasteiger partial charge in [0.25, 0.3) is 0 Å². The molecule has 1 aliphatic rings. The summed E-state index contributed by atoms with van der Waals surface area (Å²) >= 11 is 1.76. The standard InChI is InChI=1S/C13H20N4S/c1-3-11-8-15-12(18-11)9-16-13(14-2)17-10-6-4-5-7-10/h4-5,8,10H,3,6-7,9H2,1-2H3,(H2,14,16,17). The van der Waals surface area contributed by atoms with E-state index in [1.165, 1.54) is 4.88 Å². The summed E-state index contributed by atoms with van der Waals surface area (Å²) in [5.41, 5.74) is 0. The monoisotopic (exact) mass is 264 g/mol. The van der Waals surface area contributed by atoms with E-state index in [0.717, 1.165) is 36.8 Å². The van der Waals surface area contributed by atoms with E-state index >= 15 is 0 Å². The summed E-state index contributed by atoms with van der Waals surface area (Å²) in [5, 5.41) is 7.83. The molecule has 1 aromatic heterocycles. The van der Waals surface area contributed by atoms with E-state index in [1.54, 1.807) is 18.4 Å². The van der Waals surface area contributed by atoms with Gasteiger partial charge >= 0.3 is 0 Å². The van der Waals surface area contributed by atoms with Crippen molar-refractivity contribution in [2.24, 2.45) is 4.99 Å². The van der Waals surface area contributed by atoms with Crippen LogP contribution >= 0.6 is 11.3 Å². The molecule has 0 spiro atoms. The summed E-state index contributed by atoms with van der Waals surface area (Å²) in [5.74, 6) is 0.858. The molecule has 0 radical (unpaired) electrons. The normalized spacial score (nSPS) is 16.2. The second-order valence-corrected chi connectivity index (χ2v) is 5.48. The van der Waals surface area contributed by atoms with Crippen LogP contribution in [0.1, 0.15) is 29.7 Å². The average molecular weight is 264 g/mol. The molecule has 0 fully saturated rings. The van der Waals surface area contributed by atoms with Crippen molar-refractivity contribution in [2.45, 2.75) is 38.8 Å². The van der Waals surface area contributed by atoms with E-state index in [1.807, 2.05) is 6.20 Å². The van der Waals surface area contributed by atoms with Crippen LogP contribution in [0.25, 0.3) is 0 Å². The fourth-order valence-electron chi connectivity index (χ4n) is 1.88. The number of aromatic nitrogens is 1. The van der Waals surface area contributed by atoms with Crippen LogP contribution in [0.2, 0.25) is 0 Å². The van der Waals surface area contributed by atoms with Crippen molar-refractivity contribution in [2.75, 3.05) is 7.05 Å². The zero-order valence-electron chi connectivity index (χ0n) is 10.9. The predicted molar refractivity (Wildman–Crippen MR) is 77.0 cm³/mol. The van der Waals surface area contributed by atoms with Gasteiger partial charge in [-0.25, -0.2) is 4.98 Å². The minimum atomic E-state index is 0.485. The number of rotatable bonds is 4. The molecule has 5 heteroatoms. The molecule has 0 amide bonds. The van der Waals surface area contributed by atoms with Crippen LogP contribution in [0.15, 0.2) is 23.3 Å². The van der Waals surface area contributed by atoms with Crippen molar-refractivity contribution in [1.82, 2.24) is 15.6 Å². The minimum Gasteiger partial charge on any atom is -0.353 e. The number of aliphatic imine (C=N–C) groups is 1. The van der Waals surface area contributed by atoms with Gasteiger partial charge in [-0.1, -0.05) is 19.1 Å². The number of hydrogen-bond donors (Lipinski definition) is 2. The van der Waals surface area contributed by atoms with Crippen LogP contribution in [-0.4, -0.2) is 24.0 Å². The molecule has 1 aliphatic carbocycles. The molecule has 0 aliphatic heterocycles. The first-order chi connectivity index (χ1) is 8.81. The first-order valence-electron chi connectivity index (χ1n) is 6.37. The molecule has 0 aromatic carbocycles. The number of aryl methyl sites for hydroxylation is 1. The molecule has 18 heavy (non-hydrogen) atoms. The quantitative estimate of drug-likeness (QED) is 0.497. The van der Waals surface area contributed by atoms with Gasteiger partial charge in [0.15, 0.2) is 5.96 Å². The third-order valence-corrected chi connectivity index (χ3v) is 4.07. The zero-order chi connectivity index (χ0) is 12.8. The lowest BCUT2D eigenvalue weighted by Crippen LogP contribution is -2.42. The number of guanidine groups is 1. The highest BCUT2D eigenvalue weighted by molar-refractivity contribution is 7.11. The van der Waals surface area contributed by atoms with Crippen molar-refractivity contribution in [3.8, 4) is 0 Å². The molecule has 98 valence electrons. The molecule has 0 atom stereocenters. The van der Waals surface area contributed by atoms with Gasteiger partial charge in [0.05, 0.1) is 6.54 Å². The Hall–Kier alpha value is -1.36. The lowest BCUT2D eigenvalue weighted by Gasteiger charge is -2.16. The second-order valence-electron chi connectivity index (χ2n) is 4.28. The van der Waals surface area contributed by atoms with Gasteiger partial charge in [-0.3, -0.25) is 4.99 Å². The predicted octanol–water partition coefficient (Wildman–Crippen LogP) is 2.09. The maximum Gasteiger partial charge on any atom is 0.191 e. The molecule has 0 saturated carbocycles. The molecule has 0 unspecified atom stereocenters. The van der Waals surface area contributed by atoms with Gasteiger partial charge in [0.1, 0.15) is 5.01 Å². The van der Waals surface area contributed by atoms with E-state index in [4.69, 9.17) is 0 Å². The Balaban J connectivity index is 1.79. The summed E-state index contributed by atoms with van der Waals surface area (Å²) in [6.45, 7) is 2.89. The third-order valence-electron chi connectivity index (χ3n) is 2.93. The number of nitrogens with zero attached hydrogens (tertiary/aromatic N) is 2. The maximum absolute atomic E-state index is 4.39. The molecular formula is C13H20N4S. The minimum absolute atomic E-state index is 0.485. The van der Waals surface area contributed by atoms with Crippen molar-refractivity contribution in [3.05, 3.63) is 28.2 Å². The van der Waals surface area contributed by atoms with Crippen LogP contribution < -0.4 is 10.6 Å². The van der Waals surface area contributed by atoms with Crippen molar-refractivity contribution < 1.29 is 0 Å². The topological polar surface area (TPSA) is 49.3 Å². The largest absolute Gasteiger partial charge is 0.353 e. The summed E-state index contributed by atoms with van der Waals surface area (Å²) in [7, 11) is 1.80. The van der Waals surface area contributed by atoms with E-state index in [9.17, 15) is 0 Å². The van der Waals surface area contributed by atoms with Crippen molar-refractivity contribution >= 4 is 17.3 Å². The number of thiazole rings is 1. The van der Waals surface area contributed by atoms with Gasteiger partial charge in [-0.05, 0) is 19.3 Å². The Morgan fingerprint density at radius 2 is 2.28 bits per heavy atom. The summed E-state index contributed by atoms with van der Waals surface area (Å²) in [4.78, 5) is 9.95. The highest BCUT2D eigenvalue weighted by Gasteiger charge is 2.11. The SMILES string of the molecule is CCc1cnc(CNC(=NC)NC2CC=CC2)s1. The molecule has 1 heterocycles. The van der Waals surface area contributed by atoms with E-state index in [2.05, 4.69) is 39.7 Å². The molecule has 2 rings (SSSR count). The van der Waals surface area contributed by atoms with Gasteiger partial charge in [0, 0.05) is 24.2 Å².